The molecule has 0 saturated heterocycles. The van der Waals surface area contributed by atoms with Crippen molar-refractivity contribution in [2.45, 2.75) is 19.4 Å². The van der Waals surface area contributed by atoms with E-state index in [1.165, 1.54) is 15.3 Å². The van der Waals surface area contributed by atoms with Crippen molar-refractivity contribution in [1.82, 2.24) is 0 Å². The van der Waals surface area contributed by atoms with Crippen LogP contribution in [0.15, 0.2) is 57.7 Å². The first kappa shape index (κ1) is 14.8. The maximum absolute atomic E-state index is 3.69. The van der Waals surface area contributed by atoms with Gasteiger partial charge in [-0.15, -0.1) is 22.7 Å². The Morgan fingerprint density at radius 1 is 1.10 bits per heavy atom. The second-order valence-electron chi connectivity index (χ2n) is 5.01. The van der Waals surface area contributed by atoms with Crippen molar-refractivity contribution < 1.29 is 0 Å². The zero-order valence-corrected chi connectivity index (χ0v) is 14.9. The molecule has 0 fully saturated rings. The third-order valence-corrected chi connectivity index (χ3v) is 5.60. The van der Waals surface area contributed by atoms with Crippen LogP contribution in [-0.4, -0.2) is 0 Å². The molecular formula is C17H16BrNS2. The van der Waals surface area contributed by atoms with Crippen LogP contribution in [-0.2, 0) is 6.42 Å². The van der Waals surface area contributed by atoms with E-state index in [1.54, 1.807) is 0 Å². The Morgan fingerprint density at radius 3 is 2.57 bits per heavy atom. The lowest BCUT2D eigenvalue weighted by molar-refractivity contribution is 0.802. The van der Waals surface area contributed by atoms with Crippen molar-refractivity contribution in [2.75, 3.05) is 5.32 Å². The van der Waals surface area contributed by atoms with Crippen LogP contribution in [0.2, 0.25) is 0 Å². The summed E-state index contributed by atoms with van der Waals surface area (Å²) in [6.07, 6.45) is 1.02. The first-order chi connectivity index (χ1) is 10.2. The molecule has 0 radical (unpaired) electrons. The van der Waals surface area contributed by atoms with E-state index in [2.05, 4.69) is 81.4 Å². The number of hydrogen-bond acceptors (Lipinski definition) is 3. The topological polar surface area (TPSA) is 12.0 Å². The van der Waals surface area contributed by atoms with E-state index in [1.807, 2.05) is 22.7 Å². The molecule has 1 atom stereocenters. The normalized spacial score (nSPS) is 12.3. The molecule has 0 amide bonds. The summed E-state index contributed by atoms with van der Waals surface area (Å²) >= 11 is 7.21. The Hall–Kier alpha value is -1.10. The Bertz CT molecular complexity index is 669. The molecule has 0 saturated carbocycles. The molecule has 1 unspecified atom stereocenters. The number of nitrogens with one attached hydrogen (secondary N) is 1. The standard InChI is InChI=1S/C17H16BrNS2/c1-12-8-13(18)10-14(9-12)19-16(17-5-3-7-21-17)11-15-4-2-6-20-15/h2-10,16,19H,11H2,1H3. The smallest absolute Gasteiger partial charge is 0.0654 e. The van der Waals surface area contributed by atoms with Crippen molar-refractivity contribution in [3.63, 3.8) is 0 Å². The molecule has 2 aromatic heterocycles. The number of rotatable bonds is 5. The van der Waals surface area contributed by atoms with Gasteiger partial charge in [0.25, 0.3) is 0 Å². The van der Waals surface area contributed by atoms with Gasteiger partial charge in [0, 0.05) is 26.3 Å². The highest BCUT2D eigenvalue weighted by molar-refractivity contribution is 9.10. The van der Waals surface area contributed by atoms with Crippen LogP contribution < -0.4 is 5.32 Å². The van der Waals surface area contributed by atoms with Crippen molar-refractivity contribution in [2.24, 2.45) is 0 Å². The van der Waals surface area contributed by atoms with E-state index < -0.39 is 0 Å². The van der Waals surface area contributed by atoms with Gasteiger partial charge in [0.2, 0.25) is 0 Å². The molecule has 4 heteroatoms. The third kappa shape index (κ3) is 3.96. The molecule has 1 aromatic carbocycles. The minimum absolute atomic E-state index is 0.317. The first-order valence-electron chi connectivity index (χ1n) is 6.80. The van der Waals surface area contributed by atoms with Gasteiger partial charge >= 0.3 is 0 Å². The fraction of sp³-hybridized carbons (Fsp3) is 0.176. The molecule has 0 bridgehead atoms. The number of aryl methyl sites for hydroxylation is 1. The molecule has 1 nitrogen and oxygen atoms in total. The molecule has 1 N–H and O–H groups in total. The van der Waals surface area contributed by atoms with Gasteiger partial charge in [-0.05, 0) is 53.6 Å². The quantitative estimate of drug-likeness (QED) is 0.551. The van der Waals surface area contributed by atoms with Gasteiger partial charge in [-0.1, -0.05) is 28.1 Å². The summed E-state index contributed by atoms with van der Waals surface area (Å²) in [6, 6.07) is 15.4. The molecule has 2 heterocycles. The summed E-state index contributed by atoms with van der Waals surface area (Å²) in [5, 5.41) is 7.97. The lowest BCUT2D eigenvalue weighted by Crippen LogP contribution is -2.12. The molecule has 3 aromatic rings. The summed E-state index contributed by atoms with van der Waals surface area (Å²) in [6.45, 7) is 2.12. The van der Waals surface area contributed by atoms with Gasteiger partial charge < -0.3 is 5.32 Å². The van der Waals surface area contributed by atoms with E-state index in [9.17, 15) is 0 Å². The van der Waals surface area contributed by atoms with Crippen LogP contribution in [0.25, 0.3) is 0 Å². The highest BCUT2D eigenvalue weighted by Crippen LogP contribution is 2.30. The summed E-state index contributed by atoms with van der Waals surface area (Å²) in [7, 11) is 0. The monoisotopic (exact) mass is 377 g/mol. The van der Waals surface area contributed by atoms with Gasteiger partial charge in [-0.3, -0.25) is 0 Å². The van der Waals surface area contributed by atoms with Crippen molar-refractivity contribution >= 4 is 44.3 Å². The van der Waals surface area contributed by atoms with Gasteiger partial charge in [0.1, 0.15) is 0 Å². The summed E-state index contributed by atoms with van der Waals surface area (Å²) in [4.78, 5) is 2.79. The fourth-order valence-corrected chi connectivity index (χ4v) is 4.50. The van der Waals surface area contributed by atoms with E-state index in [4.69, 9.17) is 0 Å². The van der Waals surface area contributed by atoms with Crippen LogP contribution in [0.4, 0.5) is 5.69 Å². The van der Waals surface area contributed by atoms with E-state index in [-0.39, 0.29) is 0 Å². The van der Waals surface area contributed by atoms with Gasteiger partial charge in [0.15, 0.2) is 0 Å². The van der Waals surface area contributed by atoms with Gasteiger partial charge in [-0.25, -0.2) is 0 Å². The van der Waals surface area contributed by atoms with Crippen molar-refractivity contribution in [1.29, 1.82) is 0 Å². The number of anilines is 1. The minimum Gasteiger partial charge on any atom is -0.377 e. The van der Waals surface area contributed by atoms with Crippen molar-refractivity contribution in [3.8, 4) is 0 Å². The average molecular weight is 378 g/mol. The van der Waals surface area contributed by atoms with Crippen LogP contribution in [0.3, 0.4) is 0 Å². The Kier molecular flexibility index (Phi) is 4.78. The zero-order valence-electron chi connectivity index (χ0n) is 11.7. The van der Waals surface area contributed by atoms with E-state index >= 15 is 0 Å². The van der Waals surface area contributed by atoms with E-state index in [0.29, 0.717) is 6.04 Å². The van der Waals surface area contributed by atoms with Crippen LogP contribution in [0, 0.1) is 6.92 Å². The van der Waals surface area contributed by atoms with Gasteiger partial charge in [-0.2, -0.15) is 0 Å². The lowest BCUT2D eigenvalue weighted by Gasteiger charge is -2.19. The van der Waals surface area contributed by atoms with Crippen molar-refractivity contribution in [3.05, 3.63) is 73.0 Å². The summed E-state index contributed by atoms with van der Waals surface area (Å²) in [5.74, 6) is 0. The number of benzene rings is 1. The minimum atomic E-state index is 0.317. The molecule has 108 valence electrons. The Labute approximate surface area is 141 Å². The number of thiophene rings is 2. The van der Waals surface area contributed by atoms with Crippen LogP contribution in [0.1, 0.15) is 21.4 Å². The maximum Gasteiger partial charge on any atom is 0.0654 e. The third-order valence-electron chi connectivity index (χ3n) is 3.26. The first-order valence-corrected chi connectivity index (χ1v) is 9.35. The number of halogens is 1. The second kappa shape index (κ2) is 6.77. The average Bonchev–Trinajstić information content (AvgIpc) is 3.10. The molecule has 0 aliphatic carbocycles. The van der Waals surface area contributed by atoms with Crippen LogP contribution >= 0.6 is 38.6 Å². The molecule has 0 spiro atoms. The fourth-order valence-electron chi connectivity index (χ4n) is 2.36. The Balaban J connectivity index is 1.85. The molecule has 0 aliphatic heterocycles. The van der Waals surface area contributed by atoms with Gasteiger partial charge in [0.05, 0.1) is 6.04 Å². The Morgan fingerprint density at radius 2 is 1.90 bits per heavy atom. The molecule has 0 aliphatic rings. The van der Waals surface area contributed by atoms with E-state index in [0.717, 1.165) is 16.6 Å². The second-order valence-corrected chi connectivity index (χ2v) is 7.94. The summed E-state index contributed by atoms with van der Waals surface area (Å²) in [5.41, 5.74) is 2.42. The molecule has 3 rings (SSSR count). The SMILES string of the molecule is Cc1cc(Br)cc(NC(Cc2cccs2)c2cccs2)c1. The predicted molar refractivity (Wildman–Crippen MR) is 97.6 cm³/mol. The predicted octanol–water partition coefficient (Wildman–Crippen LogP) is 6.28. The molecular weight excluding hydrogens is 362 g/mol. The maximum atomic E-state index is 3.69. The highest BCUT2D eigenvalue weighted by Gasteiger charge is 2.14. The highest BCUT2D eigenvalue weighted by atomic mass is 79.9. The zero-order chi connectivity index (χ0) is 14.7. The largest absolute Gasteiger partial charge is 0.377 e. The lowest BCUT2D eigenvalue weighted by atomic mass is 10.1. The van der Waals surface area contributed by atoms with Crippen LogP contribution in [0.5, 0.6) is 0 Å². The molecule has 21 heavy (non-hydrogen) atoms. The number of hydrogen-bond donors (Lipinski definition) is 1. The summed E-state index contributed by atoms with van der Waals surface area (Å²) < 4.78 is 1.12.